The fourth-order valence-electron chi connectivity index (χ4n) is 2.43. The minimum Gasteiger partial charge on any atom is -0.310 e. The lowest BCUT2D eigenvalue weighted by Gasteiger charge is -2.26. The standard InChI is InChI=1S/C15H21F2N/c1-11(2)15(16,17)13-7-5-6-12(10-13)14-8-3-4-9-18-14/h5-7,10-11,14,18H,3-4,8-9H2,1-2H3. The van der Waals surface area contributed by atoms with Gasteiger partial charge in [0.1, 0.15) is 0 Å². The van der Waals surface area contributed by atoms with Crippen LogP contribution in [0.1, 0.15) is 50.3 Å². The second kappa shape index (κ2) is 5.35. The van der Waals surface area contributed by atoms with Gasteiger partial charge in [-0.15, -0.1) is 0 Å². The highest BCUT2D eigenvalue weighted by atomic mass is 19.3. The van der Waals surface area contributed by atoms with Crippen LogP contribution >= 0.6 is 0 Å². The van der Waals surface area contributed by atoms with Crippen LogP contribution in [0.4, 0.5) is 8.78 Å². The number of benzene rings is 1. The first-order chi connectivity index (χ1) is 8.51. The molecule has 0 amide bonds. The first-order valence-corrected chi connectivity index (χ1v) is 6.73. The van der Waals surface area contributed by atoms with Crippen molar-refractivity contribution in [3.63, 3.8) is 0 Å². The van der Waals surface area contributed by atoms with E-state index in [1.807, 2.05) is 6.07 Å². The normalized spacial score (nSPS) is 21.3. The van der Waals surface area contributed by atoms with Gasteiger partial charge in [0.15, 0.2) is 0 Å². The molecule has 1 nitrogen and oxygen atoms in total. The predicted octanol–water partition coefficient (Wildman–Crippen LogP) is 4.25. The molecule has 2 rings (SSSR count). The van der Waals surface area contributed by atoms with Crippen molar-refractivity contribution in [1.29, 1.82) is 0 Å². The molecule has 0 aliphatic carbocycles. The highest BCUT2D eigenvalue weighted by molar-refractivity contribution is 5.29. The van der Waals surface area contributed by atoms with Gasteiger partial charge >= 0.3 is 0 Å². The Hall–Kier alpha value is -0.960. The fraction of sp³-hybridized carbons (Fsp3) is 0.600. The fourth-order valence-corrected chi connectivity index (χ4v) is 2.43. The van der Waals surface area contributed by atoms with Crippen LogP contribution in [0, 0.1) is 5.92 Å². The molecule has 1 atom stereocenters. The predicted molar refractivity (Wildman–Crippen MR) is 69.8 cm³/mol. The molecule has 3 heteroatoms. The van der Waals surface area contributed by atoms with Gasteiger partial charge in [-0.05, 0) is 31.0 Å². The van der Waals surface area contributed by atoms with E-state index in [2.05, 4.69) is 5.32 Å². The van der Waals surface area contributed by atoms with E-state index in [0.717, 1.165) is 18.5 Å². The van der Waals surface area contributed by atoms with E-state index in [1.54, 1.807) is 26.0 Å². The van der Waals surface area contributed by atoms with Crippen LogP contribution in [0.25, 0.3) is 0 Å². The van der Waals surface area contributed by atoms with Crippen LogP contribution in [-0.4, -0.2) is 6.54 Å². The molecule has 1 saturated heterocycles. The molecule has 1 aromatic rings. The van der Waals surface area contributed by atoms with Crippen molar-refractivity contribution in [2.45, 2.75) is 45.1 Å². The monoisotopic (exact) mass is 253 g/mol. The highest BCUT2D eigenvalue weighted by Gasteiger charge is 2.35. The molecular weight excluding hydrogens is 232 g/mol. The molecule has 1 heterocycles. The smallest absolute Gasteiger partial charge is 0.275 e. The number of alkyl halides is 2. The van der Waals surface area contributed by atoms with E-state index in [9.17, 15) is 8.78 Å². The Labute approximate surface area is 108 Å². The minimum atomic E-state index is -2.75. The van der Waals surface area contributed by atoms with Gasteiger partial charge in [-0.1, -0.05) is 38.5 Å². The summed E-state index contributed by atoms with van der Waals surface area (Å²) in [5.74, 6) is -3.42. The van der Waals surface area contributed by atoms with Gasteiger partial charge in [0.25, 0.3) is 5.92 Å². The van der Waals surface area contributed by atoms with Crippen molar-refractivity contribution in [3.05, 3.63) is 35.4 Å². The molecule has 0 spiro atoms. The molecule has 0 saturated carbocycles. The molecule has 18 heavy (non-hydrogen) atoms. The van der Waals surface area contributed by atoms with E-state index in [-0.39, 0.29) is 11.6 Å². The Kier molecular flexibility index (Phi) is 4.00. The molecule has 0 aromatic heterocycles. The third-order valence-corrected chi connectivity index (χ3v) is 3.71. The maximum atomic E-state index is 14.0. The Morgan fingerprint density at radius 3 is 2.67 bits per heavy atom. The minimum absolute atomic E-state index is 0.141. The number of hydrogen-bond donors (Lipinski definition) is 1. The Morgan fingerprint density at radius 1 is 1.28 bits per heavy atom. The summed E-state index contributed by atoms with van der Waals surface area (Å²) in [6, 6.07) is 7.14. The zero-order chi connectivity index (χ0) is 13.2. The molecule has 1 unspecified atom stereocenters. The SMILES string of the molecule is CC(C)C(F)(F)c1cccc(C2CCCCN2)c1. The van der Waals surface area contributed by atoms with Crippen molar-refractivity contribution in [3.8, 4) is 0 Å². The van der Waals surface area contributed by atoms with Gasteiger partial charge in [-0.3, -0.25) is 0 Å². The molecular formula is C15H21F2N. The van der Waals surface area contributed by atoms with E-state index in [1.165, 1.54) is 18.9 Å². The second-order valence-corrected chi connectivity index (χ2v) is 5.41. The van der Waals surface area contributed by atoms with Crippen LogP contribution in [0.3, 0.4) is 0 Å². The number of hydrogen-bond acceptors (Lipinski definition) is 1. The molecule has 1 fully saturated rings. The summed E-state index contributed by atoms with van der Waals surface area (Å²) in [5, 5.41) is 3.40. The largest absolute Gasteiger partial charge is 0.310 e. The van der Waals surface area contributed by atoms with Crippen molar-refractivity contribution < 1.29 is 8.78 Å². The zero-order valence-electron chi connectivity index (χ0n) is 11.0. The number of nitrogens with one attached hydrogen (secondary N) is 1. The van der Waals surface area contributed by atoms with Crippen LogP contribution in [0.5, 0.6) is 0 Å². The maximum absolute atomic E-state index is 14.0. The van der Waals surface area contributed by atoms with Crippen molar-refractivity contribution >= 4 is 0 Å². The van der Waals surface area contributed by atoms with E-state index >= 15 is 0 Å². The van der Waals surface area contributed by atoms with Crippen LogP contribution in [-0.2, 0) is 5.92 Å². The Morgan fingerprint density at radius 2 is 2.06 bits per heavy atom. The number of piperidine rings is 1. The van der Waals surface area contributed by atoms with Crippen molar-refractivity contribution in [2.75, 3.05) is 6.54 Å². The molecule has 0 radical (unpaired) electrons. The summed E-state index contributed by atoms with van der Waals surface area (Å²) in [6.07, 6.45) is 3.39. The molecule has 1 aliphatic rings. The summed E-state index contributed by atoms with van der Waals surface area (Å²) in [4.78, 5) is 0. The third-order valence-electron chi connectivity index (χ3n) is 3.71. The van der Waals surface area contributed by atoms with Gasteiger partial charge < -0.3 is 5.32 Å². The third kappa shape index (κ3) is 2.72. The molecule has 1 N–H and O–H groups in total. The number of halogens is 2. The maximum Gasteiger partial charge on any atom is 0.275 e. The van der Waals surface area contributed by atoms with Gasteiger partial charge in [0.05, 0.1) is 0 Å². The Balaban J connectivity index is 2.24. The summed E-state index contributed by atoms with van der Waals surface area (Å²) in [6.45, 7) is 4.10. The second-order valence-electron chi connectivity index (χ2n) is 5.41. The van der Waals surface area contributed by atoms with Crippen LogP contribution < -0.4 is 5.32 Å². The molecule has 1 aliphatic heterocycles. The topological polar surface area (TPSA) is 12.0 Å². The lowest BCUT2D eigenvalue weighted by atomic mass is 9.92. The first kappa shape index (κ1) is 13.5. The zero-order valence-corrected chi connectivity index (χ0v) is 11.0. The van der Waals surface area contributed by atoms with Crippen LogP contribution in [0.2, 0.25) is 0 Å². The van der Waals surface area contributed by atoms with Crippen molar-refractivity contribution in [2.24, 2.45) is 5.92 Å². The summed E-state index contributed by atoms with van der Waals surface area (Å²) < 4.78 is 28.0. The van der Waals surface area contributed by atoms with Gasteiger partial charge in [-0.2, -0.15) is 0 Å². The van der Waals surface area contributed by atoms with E-state index in [0.29, 0.717) is 0 Å². The van der Waals surface area contributed by atoms with E-state index in [4.69, 9.17) is 0 Å². The van der Waals surface area contributed by atoms with E-state index < -0.39 is 11.8 Å². The lowest BCUT2D eigenvalue weighted by Crippen LogP contribution is -2.27. The van der Waals surface area contributed by atoms with Gasteiger partial charge in [0, 0.05) is 17.5 Å². The number of rotatable bonds is 3. The molecule has 0 bridgehead atoms. The van der Waals surface area contributed by atoms with Gasteiger partial charge in [0.2, 0.25) is 0 Å². The molecule has 100 valence electrons. The van der Waals surface area contributed by atoms with Gasteiger partial charge in [-0.25, -0.2) is 8.78 Å². The van der Waals surface area contributed by atoms with Crippen molar-refractivity contribution in [1.82, 2.24) is 5.32 Å². The summed E-state index contributed by atoms with van der Waals surface area (Å²) in [5.41, 5.74) is 1.13. The summed E-state index contributed by atoms with van der Waals surface area (Å²) in [7, 11) is 0. The first-order valence-electron chi connectivity index (χ1n) is 6.73. The average molecular weight is 253 g/mol. The highest BCUT2D eigenvalue weighted by Crippen LogP contribution is 2.37. The Bertz CT molecular complexity index is 395. The average Bonchev–Trinajstić information content (AvgIpc) is 2.40. The quantitative estimate of drug-likeness (QED) is 0.849. The molecule has 1 aromatic carbocycles. The van der Waals surface area contributed by atoms with Crippen LogP contribution in [0.15, 0.2) is 24.3 Å². The summed E-state index contributed by atoms with van der Waals surface area (Å²) >= 11 is 0. The lowest BCUT2D eigenvalue weighted by molar-refractivity contribution is -0.0514.